The molecule has 0 spiro atoms. The fourth-order valence-electron chi connectivity index (χ4n) is 3.49. The van der Waals surface area contributed by atoms with Crippen molar-refractivity contribution in [2.75, 3.05) is 13.1 Å². The highest BCUT2D eigenvalue weighted by atomic mass is 19.4. The van der Waals surface area contributed by atoms with E-state index in [-0.39, 0.29) is 17.4 Å². The first kappa shape index (κ1) is 16.8. The van der Waals surface area contributed by atoms with Crippen LogP contribution in [0.2, 0.25) is 0 Å². The number of amides is 2. The molecule has 24 heavy (non-hydrogen) atoms. The molecular formula is C17H19F3N2O2. The minimum Gasteiger partial charge on any atom is -0.353 e. The molecule has 130 valence electrons. The van der Waals surface area contributed by atoms with Crippen molar-refractivity contribution in [2.45, 2.75) is 37.9 Å². The summed E-state index contributed by atoms with van der Waals surface area (Å²) in [4.78, 5) is 26.1. The number of alkyl halides is 3. The largest absolute Gasteiger partial charge is 0.416 e. The van der Waals surface area contributed by atoms with Crippen molar-refractivity contribution in [1.29, 1.82) is 0 Å². The molecule has 0 bridgehead atoms. The van der Waals surface area contributed by atoms with Gasteiger partial charge in [-0.25, -0.2) is 0 Å². The Kier molecular flexibility index (Phi) is 4.27. The summed E-state index contributed by atoms with van der Waals surface area (Å²) in [5.74, 6) is -1.28. The molecule has 1 aromatic carbocycles. The van der Waals surface area contributed by atoms with Crippen molar-refractivity contribution in [3.8, 4) is 0 Å². The second-order valence-corrected chi connectivity index (χ2v) is 6.28. The number of piperazine rings is 1. The minimum absolute atomic E-state index is 0.179. The number of hydrogen-bond acceptors (Lipinski definition) is 2. The van der Waals surface area contributed by atoms with E-state index in [1.165, 1.54) is 17.0 Å². The lowest BCUT2D eigenvalue weighted by Crippen LogP contribution is -2.57. The first-order valence-corrected chi connectivity index (χ1v) is 8.09. The Balaban J connectivity index is 1.78. The molecule has 0 aromatic heterocycles. The van der Waals surface area contributed by atoms with Gasteiger partial charge >= 0.3 is 6.18 Å². The van der Waals surface area contributed by atoms with Crippen molar-refractivity contribution in [1.82, 2.24) is 10.2 Å². The maximum Gasteiger partial charge on any atom is 0.416 e. The molecule has 1 saturated carbocycles. The van der Waals surface area contributed by atoms with Gasteiger partial charge in [-0.15, -0.1) is 0 Å². The van der Waals surface area contributed by atoms with Crippen LogP contribution in [0.1, 0.15) is 36.8 Å². The Labute approximate surface area is 138 Å². The van der Waals surface area contributed by atoms with Crippen LogP contribution >= 0.6 is 0 Å². The van der Waals surface area contributed by atoms with Gasteiger partial charge in [0.15, 0.2) is 0 Å². The second-order valence-electron chi connectivity index (χ2n) is 6.28. The number of hydrogen-bond donors (Lipinski definition) is 1. The molecule has 7 heteroatoms. The van der Waals surface area contributed by atoms with Crippen LogP contribution in [0.5, 0.6) is 0 Å². The molecule has 0 unspecified atom stereocenters. The third kappa shape index (κ3) is 2.99. The number of halogens is 3. The Bertz CT molecular complexity index is 659. The minimum atomic E-state index is -4.43. The summed E-state index contributed by atoms with van der Waals surface area (Å²) in [6.07, 6.45) is -3.53. The van der Waals surface area contributed by atoms with E-state index in [9.17, 15) is 22.8 Å². The van der Waals surface area contributed by atoms with Crippen LogP contribution in [0.25, 0.3) is 0 Å². The van der Waals surface area contributed by atoms with Gasteiger partial charge in [0.1, 0.15) is 6.04 Å². The van der Waals surface area contributed by atoms with Crippen molar-refractivity contribution in [3.05, 3.63) is 35.4 Å². The molecule has 1 saturated heterocycles. The van der Waals surface area contributed by atoms with Crippen molar-refractivity contribution < 1.29 is 22.8 Å². The summed E-state index contributed by atoms with van der Waals surface area (Å²) in [7, 11) is 0. The molecule has 4 nitrogen and oxygen atoms in total. The SMILES string of the molecule is CC[C@@H]1C(=O)NCCN1C(=O)[C@@H]1C[C@H]1c1ccccc1C(F)(F)F. The summed E-state index contributed by atoms with van der Waals surface area (Å²) in [6, 6.07) is 4.89. The monoisotopic (exact) mass is 340 g/mol. The summed E-state index contributed by atoms with van der Waals surface area (Å²) < 4.78 is 39.4. The molecule has 2 fully saturated rings. The highest BCUT2D eigenvalue weighted by molar-refractivity contribution is 5.91. The average Bonchev–Trinajstić information content (AvgIpc) is 3.33. The lowest BCUT2D eigenvalue weighted by atomic mass is 10.0. The third-order valence-electron chi connectivity index (χ3n) is 4.77. The van der Waals surface area contributed by atoms with E-state index in [0.717, 1.165) is 6.07 Å². The van der Waals surface area contributed by atoms with E-state index < -0.39 is 29.6 Å². The number of benzene rings is 1. The zero-order chi connectivity index (χ0) is 17.5. The van der Waals surface area contributed by atoms with Crippen molar-refractivity contribution in [3.63, 3.8) is 0 Å². The van der Waals surface area contributed by atoms with E-state index in [1.807, 2.05) is 6.92 Å². The van der Waals surface area contributed by atoms with Crippen LogP contribution in [0.4, 0.5) is 13.2 Å². The first-order chi connectivity index (χ1) is 11.3. The summed E-state index contributed by atoms with van der Waals surface area (Å²) in [5.41, 5.74) is -0.494. The number of nitrogens with one attached hydrogen (secondary N) is 1. The molecule has 2 aliphatic rings. The first-order valence-electron chi connectivity index (χ1n) is 8.09. The van der Waals surface area contributed by atoms with Crippen LogP contribution in [0, 0.1) is 5.92 Å². The lowest BCUT2D eigenvalue weighted by molar-refractivity contribution is -0.144. The lowest BCUT2D eigenvalue weighted by Gasteiger charge is -2.34. The predicted octanol–water partition coefficient (Wildman–Crippen LogP) is 2.55. The number of rotatable bonds is 3. The van der Waals surface area contributed by atoms with Gasteiger partial charge in [0.2, 0.25) is 11.8 Å². The van der Waals surface area contributed by atoms with Gasteiger partial charge in [0.25, 0.3) is 0 Å². The molecule has 1 heterocycles. The Morgan fingerprint density at radius 2 is 2.04 bits per heavy atom. The molecule has 3 atom stereocenters. The number of carbonyl (C=O) groups is 2. The summed E-state index contributed by atoms with van der Waals surface area (Å²) in [5, 5.41) is 2.72. The van der Waals surface area contributed by atoms with Crippen LogP contribution in [-0.2, 0) is 15.8 Å². The van der Waals surface area contributed by atoms with Crippen LogP contribution in [0.3, 0.4) is 0 Å². The molecule has 1 aromatic rings. The third-order valence-corrected chi connectivity index (χ3v) is 4.77. The Hall–Kier alpha value is -2.05. The van der Waals surface area contributed by atoms with Gasteiger partial charge in [-0.2, -0.15) is 13.2 Å². The quantitative estimate of drug-likeness (QED) is 0.919. The van der Waals surface area contributed by atoms with Crippen molar-refractivity contribution >= 4 is 11.8 Å². The van der Waals surface area contributed by atoms with Gasteiger partial charge in [-0.05, 0) is 30.4 Å². The molecule has 3 rings (SSSR count). The molecular weight excluding hydrogens is 321 g/mol. The van der Waals surface area contributed by atoms with E-state index in [0.29, 0.717) is 25.9 Å². The highest BCUT2D eigenvalue weighted by Gasteiger charge is 2.50. The topological polar surface area (TPSA) is 49.4 Å². The fraction of sp³-hybridized carbons (Fsp3) is 0.529. The Morgan fingerprint density at radius 1 is 1.33 bits per heavy atom. The fourth-order valence-corrected chi connectivity index (χ4v) is 3.49. The zero-order valence-electron chi connectivity index (χ0n) is 13.3. The van der Waals surface area contributed by atoms with Gasteiger partial charge < -0.3 is 10.2 Å². The smallest absolute Gasteiger partial charge is 0.353 e. The Morgan fingerprint density at radius 3 is 2.71 bits per heavy atom. The molecule has 1 aliphatic heterocycles. The van der Waals surface area contributed by atoms with Gasteiger partial charge in [-0.1, -0.05) is 25.1 Å². The predicted molar refractivity (Wildman–Crippen MR) is 81.1 cm³/mol. The standard InChI is InChI=1S/C17H19F3N2O2/c1-2-14-15(23)21-7-8-22(14)16(24)12-9-11(12)10-5-3-4-6-13(10)17(18,19)20/h3-6,11-12,14H,2,7-9H2,1H3,(H,21,23)/t11-,12+,14+/m0/s1. The van der Waals surface area contributed by atoms with Crippen LogP contribution in [0.15, 0.2) is 24.3 Å². The maximum absolute atomic E-state index is 13.1. The van der Waals surface area contributed by atoms with E-state index >= 15 is 0 Å². The van der Waals surface area contributed by atoms with Crippen LogP contribution < -0.4 is 5.32 Å². The van der Waals surface area contributed by atoms with Gasteiger partial charge in [0, 0.05) is 19.0 Å². The normalized spacial score (nSPS) is 26.9. The summed E-state index contributed by atoms with van der Waals surface area (Å²) in [6.45, 7) is 2.62. The molecule has 2 amide bonds. The van der Waals surface area contributed by atoms with Crippen LogP contribution in [-0.4, -0.2) is 35.8 Å². The second kappa shape index (κ2) is 6.11. The average molecular weight is 340 g/mol. The van der Waals surface area contributed by atoms with E-state index in [2.05, 4.69) is 5.32 Å². The highest BCUT2D eigenvalue weighted by Crippen LogP contribution is 2.52. The molecule has 1 aliphatic carbocycles. The van der Waals surface area contributed by atoms with E-state index in [4.69, 9.17) is 0 Å². The summed E-state index contributed by atoms with van der Waals surface area (Å²) >= 11 is 0. The number of carbonyl (C=O) groups excluding carboxylic acids is 2. The van der Waals surface area contributed by atoms with Crippen molar-refractivity contribution in [2.24, 2.45) is 5.92 Å². The molecule has 1 N–H and O–H groups in total. The number of nitrogens with zero attached hydrogens (tertiary/aromatic N) is 1. The van der Waals surface area contributed by atoms with E-state index in [1.54, 1.807) is 6.07 Å². The van der Waals surface area contributed by atoms with Gasteiger partial charge in [0.05, 0.1) is 5.56 Å². The van der Waals surface area contributed by atoms with Gasteiger partial charge in [-0.3, -0.25) is 9.59 Å². The maximum atomic E-state index is 13.1. The molecule has 0 radical (unpaired) electrons. The zero-order valence-corrected chi connectivity index (χ0v) is 13.3.